The summed E-state index contributed by atoms with van der Waals surface area (Å²) in [4.78, 5) is 7.93. The van der Waals surface area contributed by atoms with Crippen LogP contribution >= 0.6 is 0 Å². The standard InChI is InChI=1S/C15H14N4O3S/c16-6-4-14(20)11-2-1-3-13(8-11)23(21,22)19-7-5-12-9-17-10-18-15(12)19/h1-10,14,20H,16H2/b6-4+. The van der Waals surface area contributed by atoms with Crippen molar-refractivity contribution in [2.75, 3.05) is 0 Å². The minimum atomic E-state index is -3.83. The Labute approximate surface area is 132 Å². The summed E-state index contributed by atoms with van der Waals surface area (Å²) in [5.41, 5.74) is 5.98. The third kappa shape index (κ3) is 2.69. The van der Waals surface area contributed by atoms with Gasteiger partial charge in [-0.15, -0.1) is 0 Å². The van der Waals surface area contributed by atoms with Gasteiger partial charge in [-0.25, -0.2) is 22.4 Å². The Bertz CT molecular complexity index is 979. The van der Waals surface area contributed by atoms with E-state index in [0.29, 0.717) is 16.6 Å². The van der Waals surface area contributed by atoms with Gasteiger partial charge in [-0.1, -0.05) is 12.1 Å². The highest BCUT2D eigenvalue weighted by Crippen LogP contribution is 2.23. The first-order valence-corrected chi connectivity index (χ1v) is 8.17. The highest BCUT2D eigenvalue weighted by molar-refractivity contribution is 7.90. The van der Waals surface area contributed by atoms with Gasteiger partial charge in [-0.05, 0) is 36.0 Å². The predicted octanol–water partition coefficient (Wildman–Crippen LogP) is 1.17. The first kappa shape index (κ1) is 15.2. The molecule has 1 atom stereocenters. The SMILES string of the molecule is N/C=C/C(O)c1cccc(S(=O)(=O)n2ccc3cncnc32)c1. The Kier molecular flexibility index (Phi) is 3.85. The summed E-state index contributed by atoms with van der Waals surface area (Å²) in [5, 5.41) is 10.5. The number of aliphatic hydroxyl groups excluding tert-OH is 1. The maximum absolute atomic E-state index is 12.8. The van der Waals surface area contributed by atoms with Gasteiger partial charge in [-0.2, -0.15) is 0 Å². The fourth-order valence-electron chi connectivity index (χ4n) is 2.24. The zero-order chi connectivity index (χ0) is 16.4. The van der Waals surface area contributed by atoms with E-state index in [4.69, 9.17) is 5.73 Å². The van der Waals surface area contributed by atoms with Crippen molar-refractivity contribution in [1.29, 1.82) is 0 Å². The highest BCUT2D eigenvalue weighted by atomic mass is 32.2. The lowest BCUT2D eigenvalue weighted by atomic mass is 10.1. The van der Waals surface area contributed by atoms with E-state index in [2.05, 4.69) is 9.97 Å². The van der Waals surface area contributed by atoms with Crippen molar-refractivity contribution >= 4 is 21.1 Å². The van der Waals surface area contributed by atoms with Gasteiger partial charge < -0.3 is 10.8 Å². The van der Waals surface area contributed by atoms with Crippen molar-refractivity contribution in [3.8, 4) is 0 Å². The second-order valence-corrected chi connectivity index (χ2v) is 6.64. The summed E-state index contributed by atoms with van der Waals surface area (Å²) >= 11 is 0. The number of nitrogens with zero attached hydrogens (tertiary/aromatic N) is 3. The molecule has 3 aromatic rings. The van der Waals surface area contributed by atoms with Crippen LogP contribution in [0.5, 0.6) is 0 Å². The van der Waals surface area contributed by atoms with Gasteiger partial charge >= 0.3 is 0 Å². The van der Waals surface area contributed by atoms with Crippen molar-refractivity contribution in [2.45, 2.75) is 11.0 Å². The summed E-state index contributed by atoms with van der Waals surface area (Å²) in [6.45, 7) is 0. The van der Waals surface area contributed by atoms with Crippen molar-refractivity contribution < 1.29 is 13.5 Å². The van der Waals surface area contributed by atoms with E-state index in [0.717, 1.165) is 3.97 Å². The number of nitrogens with two attached hydrogens (primary N) is 1. The first-order chi connectivity index (χ1) is 11.0. The monoisotopic (exact) mass is 330 g/mol. The van der Waals surface area contributed by atoms with Gasteiger partial charge in [0.15, 0.2) is 5.65 Å². The summed E-state index contributed by atoms with van der Waals surface area (Å²) in [6.07, 6.45) is 5.86. The van der Waals surface area contributed by atoms with E-state index in [1.165, 1.54) is 36.9 Å². The highest BCUT2D eigenvalue weighted by Gasteiger charge is 2.20. The zero-order valence-electron chi connectivity index (χ0n) is 11.9. The lowest BCUT2D eigenvalue weighted by molar-refractivity contribution is 0.228. The zero-order valence-corrected chi connectivity index (χ0v) is 12.8. The minimum Gasteiger partial charge on any atom is -0.405 e. The van der Waals surface area contributed by atoms with Crippen LogP contribution in [0, 0.1) is 0 Å². The third-order valence-electron chi connectivity index (χ3n) is 3.37. The molecule has 2 aromatic heterocycles. The number of rotatable bonds is 4. The molecule has 0 fully saturated rings. The molecule has 2 heterocycles. The molecule has 0 aliphatic rings. The van der Waals surface area contributed by atoms with Crippen LogP contribution in [0.15, 0.2) is 66.2 Å². The van der Waals surface area contributed by atoms with Crippen molar-refractivity contribution in [3.63, 3.8) is 0 Å². The number of fused-ring (bicyclic) bond motifs is 1. The number of benzene rings is 1. The maximum Gasteiger partial charge on any atom is 0.269 e. The van der Waals surface area contributed by atoms with E-state index in [1.54, 1.807) is 24.4 Å². The number of hydrogen-bond acceptors (Lipinski definition) is 6. The third-order valence-corrected chi connectivity index (χ3v) is 5.03. The molecule has 0 spiro atoms. The second-order valence-electron chi connectivity index (χ2n) is 4.82. The molecular formula is C15H14N4O3S. The fraction of sp³-hybridized carbons (Fsp3) is 0.0667. The van der Waals surface area contributed by atoms with Crippen molar-refractivity contribution in [1.82, 2.24) is 13.9 Å². The van der Waals surface area contributed by atoms with Crippen LogP contribution in [0.4, 0.5) is 0 Å². The van der Waals surface area contributed by atoms with E-state index < -0.39 is 16.1 Å². The quantitative estimate of drug-likeness (QED) is 0.743. The average Bonchev–Trinajstić information content (AvgIpc) is 3.00. The minimum absolute atomic E-state index is 0.0515. The van der Waals surface area contributed by atoms with Gasteiger partial charge in [-0.3, -0.25) is 0 Å². The summed E-state index contributed by atoms with van der Waals surface area (Å²) < 4.78 is 26.7. The summed E-state index contributed by atoms with van der Waals surface area (Å²) in [6, 6.07) is 7.69. The maximum atomic E-state index is 12.8. The van der Waals surface area contributed by atoms with Crippen LogP contribution in [0.3, 0.4) is 0 Å². The summed E-state index contributed by atoms with van der Waals surface area (Å²) in [7, 11) is -3.83. The smallest absolute Gasteiger partial charge is 0.269 e. The van der Waals surface area contributed by atoms with Gasteiger partial charge in [0.25, 0.3) is 10.0 Å². The molecule has 0 amide bonds. The van der Waals surface area contributed by atoms with Gasteiger partial charge in [0, 0.05) is 17.8 Å². The van der Waals surface area contributed by atoms with Crippen LogP contribution in [0.25, 0.3) is 11.0 Å². The van der Waals surface area contributed by atoms with Gasteiger partial charge in [0.2, 0.25) is 0 Å². The predicted molar refractivity (Wildman–Crippen MR) is 84.8 cm³/mol. The molecule has 23 heavy (non-hydrogen) atoms. The molecule has 0 saturated carbocycles. The van der Waals surface area contributed by atoms with Crippen LogP contribution < -0.4 is 5.73 Å². The molecule has 0 aliphatic carbocycles. The van der Waals surface area contributed by atoms with Gasteiger partial charge in [0.05, 0.1) is 11.0 Å². The summed E-state index contributed by atoms with van der Waals surface area (Å²) in [5.74, 6) is 0. The number of aromatic nitrogens is 3. The lowest BCUT2D eigenvalue weighted by Crippen LogP contribution is -2.13. The van der Waals surface area contributed by atoms with Crippen LogP contribution in [-0.2, 0) is 10.0 Å². The molecule has 0 saturated heterocycles. The molecule has 0 bridgehead atoms. The number of hydrogen-bond donors (Lipinski definition) is 2. The molecule has 7 nitrogen and oxygen atoms in total. The Hall–Kier alpha value is -2.71. The normalized spacial score (nSPS) is 13.6. The molecule has 0 radical (unpaired) electrons. The molecule has 0 aliphatic heterocycles. The van der Waals surface area contributed by atoms with Crippen molar-refractivity contribution in [3.05, 3.63) is 66.9 Å². The van der Waals surface area contributed by atoms with E-state index in [-0.39, 0.29) is 4.90 Å². The molecule has 118 valence electrons. The van der Waals surface area contributed by atoms with Crippen LogP contribution in [0.2, 0.25) is 0 Å². The first-order valence-electron chi connectivity index (χ1n) is 6.73. The largest absolute Gasteiger partial charge is 0.405 e. The molecule has 8 heteroatoms. The second kappa shape index (κ2) is 5.82. The Morgan fingerprint density at radius 3 is 2.91 bits per heavy atom. The topological polar surface area (TPSA) is 111 Å². The van der Waals surface area contributed by atoms with Crippen molar-refractivity contribution in [2.24, 2.45) is 5.73 Å². The molecule has 3 N–H and O–H groups in total. The van der Waals surface area contributed by atoms with E-state index in [9.17, 15) is 13.5 Å². The Morgan fingerprint density at radius 2 is 2.13 bits per heavy atom. The Morgan fingerprint density at radius 1 is 1.30 bits per heavy atom. The average molecular weight is 330 g/mol. The molecule has 1 aromatic carbocycles. The molecular weight excluding hydrogens is 316 g/mol. The Balaban J connectivity index is 2.12. The van der Waals surface area contributed by atoms with Crippen LogP contribution in [-0.4, -0.2) is 27.5 Å². The lowest BCUT2D eigenvalue weighted by Gasteiger charge is -2.10. The number of aliphatic hydroxyl groups is 1. The molecule has 1 unspecified atom stereocenters. The fourth-order valence-corrected chi connectivity index (χ4v) is 3.60. The van der Waals surface area contributed by atoms with E-state index in [1.807, 2.05) is 0 Å². The van der Waals surface area contributed by atoms with E-state index >= 15 is 0 Å². The van der Waals surface area contributed by atoms with Gasteiger partial charge in [0.1, 0.15) is 6.33 Å². The van der Waals surface area contributed by atoms with Crippen LogP contribution in [0.1, 0.15) is 11.7 Å². The molecule has 3 rings (SSSR count).